The second kappa shape index (κ2) is 7.97. The minimum absolute atomic E-state index is 0.199. The average Bonchev–Trinajstić information content (AvgIpc) is 2.65. The maximum absolute atomic E-state index is 12.5. The monoisotopic (exact) mass is 324 g/mol. The van der Waals surface area contributed by atoms with Crippen LogP contribution in [0.15, 0.2) is 48.5 Å². The first-order chi connectivity index (χ1) is 11.8. The van der Waals surface area contributed by atoms with E-state index >= 15 is 0 Å². The molecule has 1 amide bonds. The summed E-state index contributed by atoms with van der Waals surface area (Å²) in [5, 5.41) is 3.34. The van der Waals surface area contributed by atoms with Crippen LogP contribution in [0.3, 0.4) is 0 Å². The Morgan fingerprint density at radius 2 is 1.96 bits per heavy atom. The Morgan fingerprint density at radius 1 is 1.17 bits per heavy atom. The molecule has 126 valence electrons. The fraction of sp³-hybridized carbons (Fsp3) is 0.350. The number of para-hydroxylation sites is 1. The van der Waals surface area contributed by atoms with E-state index < -0.39 is 0 Å². The minimum atomic E-state index is 0.199. The van der Waals surface area contributed by atoms with Gasteiger partial charge in [-0.2, -0.15) is 0 Å². The highest BCUT2D eigenvalue weighted by Crippen LogP contribution is 2.27. The molecule has 3 rings (SSSR count). The summed E-state index contributed by atoms with van der Waals surface area (Å²) < 4.78 is 5.15. The summed E-state index contributed by atoms with van der Waals surface area (Å²) in [6, 6.07) is 16.2. The molecule has 1 aliphatic rings. The van der Waals surface area contributed by atoms with Crippen molar-refractivity contribution in [3.05, 3.63) is 59.7 Å². The number of nitrogens with one attached hydrogen (secondary N) is 1. The molecule has 0 saturated carbocycles. The summed E-state index contributed by atoms with van der Waals surface area (Å²) >= 11 is 0. The van der Waals surface area contributed by atoms with Crippen molar-refractivity contribution in [2.24, 2.45) is 0 Å². The van der Waals surface area contributed by atoms with Crippen LogP contribution in [0.4, 0.5) is 5.69 Å². The van der Waals surface area contributed by atoms with E-state index in [4.69, 9.17) is 4.74 Å². The van der Waals surface area contributed by atoms with Crippen LogP contribution in [0.2, 0.25) is 0 Å². The number of rotatable bonds is 6. The molecule has 1 heterocycles. The van der Waals surface area contributed by atoms with Crippen molar-refractivity contribution in [1.29, 1.82) is 0 Å². The third-order valence-electron chi connectivity index (χ3n) is 4.42. The van der Waals surface area contributed by atoms with E-state index in [9.17, 15) is 4.79 Å². The van der Waals surface area contributed by atoms with Crippen LogP contribution in [-0.4, -0.2) is 26.1 Å². The van der Waals surface area contributed by atoms with Gasteiger partial charge in [-0.3, -0.25) is 4.79 Å². The summed E-state index contributed by atoms with van der Waals surface area (Å²) in [5.41, 5.74) is 3.55. The molecule has 4 heteroatoms. The number of fused-ring (bicyclic) bond motifs is 1. The van der Waals surface area contributed by atoms with Crippen LogP contribution in [0.1, 0.15) is 24.0 Å². The van der Waals surface area contributed by atoms with Gasteiger partial charge in [0.2, 0.25) is 5.91 Å². The maximum atomic E-state index is 12.5. The SMILES string of the molecule is COc1ccc(CNCCC(=O)N2CCCc3ccccc32)cc1. The molecule has 2 aromatic rings. The number of benzene rings is 2. The zero-order valence-corrected chi connectivity index (χ0v) is 14.1. The van der Waals surface area contributed by atoms with E-state index in [1.807, 2.05) is 41.3 Å². The molecule has 2 aromatic carbocycles. The second-order valence-electron chi connectivity index (χ2n) is 6.05. The Morgan fingerprint density at radius 3 is 2.75 bits per heavy atom. The fourth-order valence-electron chi connectivity index (χ4n) is 3.10. The van der Waals surface area contributed by atoms with E-state index in [-0.39, 0.29) is 5.91 Å². The number of carbonyl (C=O) groups excluding carboxylic acids is 1. The van der Waals surface area contributed by atoms with Gasteiger partial charge in [0.1, 0.15) is 5.75 Å². The number of methoxy groups -OCH3 is 1. The third kappa shape index (κ3) is 3.95. The number of amides is 1. The molecule has 0 spiro atoms. The molecule has 0 atom stereocenters. The highest BCUT2D eigenvalue weighted by Gasteiger charge is 2.21. The summed E-state index contributed by atoms with van der Waals surface area (Å²) in [4.78, 5) is 14.5. The van der Waals surface area contributed by atoms with Crippen LogP contribution in [0.5, 0.6) is 5.75 Å². The van der Waals surface area contributed by atoms with Crippen molar-refractivity contribution in [2.45, 2.75) is 25.8 Å². The second-order valence-corrected chi connectivity index (χ2v) is 6.05. The van der Waals surface area contributed by atoms with E-state index in [0.717, 1.165) is 37.4 Å². The molecule has 0 aromatic heterocycles. The van der Waals surface area contributed by atoms with Crippen molar-refractivity contribution < 1.29 is 9.53 Å². The van der Waals surface area contributed by atoms with Gasteiger partial charge >= 0.3 is 0 Å². The Kier molecular flexibility index (Phi) is 5.49. The number of anilines is 1. The zero-order chi connectivity index (χ0) is 16.8. The summed E-state index contributed by atoms with van der Waals surface area (Å²) in [6.07, 6.45) is 2.63. The van der Waals surface area contributed by atoms with Crippen molar-refractivity contribution >= 4 is 11.6 Å². The number of hydrogen-bond acceptors (Lipinski definition) is 3. The van der Waals surface area contributed by atoms with Gasteiger partial charge in [-0.05, 0) is 42.2 Å². The number of carbonyl (C=O) groups is 1. The van der Waals surface area contributed by atoms with E-state index in [0.29, 0.717) is 13.0 Å². The van der Waals surface area contributed by atoms with Crippen LogP contribution in [0.25, 0.3) is 0 Å². The number of hydrogen-bond donors (Lipinski definition) is 1. The lowest BCUT2D eigenvalue weighted by Gasteiger charge is -2.29. The van der Waals surface area contributed by atoms with Crippen molar-refractivity contribution in [3.63, 3.8) is 0 Å². The molecule has 0 aliphatic carbocycles. The average molecular weight is 324 g/mol. The topological polar surface area (TPSA) is 41.6 Å². The fourth-order valence-corrected chi connectivity index (χ4v) is 3.10. The zero-order valence-electron chi connectivity index (χ0n) is 14.1. The Labute approximate surface area is 143 Å². The van der Waals surface area contributed by atoms with Gasteiger partial charge in [0, 0.05) is 31.7 Å². The summed E-state index contributed by atoms with van der Waals surface area (Å²) in [7, 11) is 1.66. The first-order valence-electron chi connectivity index (χ1n) is 8.50. The molecule has 4 nitrogen and oxygen atoms in total. The molecule has 1 N–H and O–H groups in total. The molecule has 0 radical (unpaired) electrons. The Hall–Kier alpha value is -2.33. The maximum Gasteiger partial charge on any atom is 0.228 e. The highest BCUT2D eigenvalue weighted by atomic mass is 16.5. The molecule has 24 heavy (non-hydrogen) atoms. The Balaban J connectivity index is 1.48. The number of ether oxygens (including phenoxy) is 1. The van der Waals surface area contributed by atoms with Crippen LogP contribution in [0, 0.1) is 0 Å². The molecule has 0 saturated heterocycles. The summed E-state index contributed by atoms with van der Waals surface area (Å²) in [6.45, 7) is 2.27. The molecular weight excluding hydrogens is 300 g/mol. The van der Waals surface area contributed by atoms with Crippen molar-refractivity contribution in [1.82, 2.24) is 5.32 Å². The van der Waals surface area contributed by atoms with Gasteiger partial charge in [0.05, 0.1) is 7.11 Å². The van der Waals surface area contributed by atoms with Gasteiger partial charge in [-0.15, -0.1) is 0 Å². The summed E-state index contributed by atoms with van der Waals surface area (Å²) in [5.74, 6) is 1.06. The number of aryl methyl sites for hydroxylation is 1. The molecule has 1 aliphatic heterocycles. The lowest BCUT2D eigenvalue weighted by Crippen LogP contribution is -2.36. The van der Waals surface area contributed by atoms with Gasteiger partial charge in [0.15, 0.2) is 0 Å². The predicted molar refractivity (Wildman–Crippen MR) is 96.4 cm³/mol. The van der Waals surface area contributed by atoms with Gasteiger partial charge in [-0.25, -0.2) is 0 Å². The largest absolute Gasteiger partial charge is 0.497 e. The van der Waals surface area contributed by atoms with Crippen LogP contribution < -0.4 is 15.0 Å². The van der Waals surface area contributed by atoms with Crippen molar-refractivity contribution in [2.75, 3.05) is 25.1 Å². The first kappa shape index (κ1) is 16.5. The van der Waals surface area contributed by atoms with Crippen LogP contribution in [-0.2, 0) is 17.8 Å². The van der Waals surface area contributed by atoms with Crippen LogP contribution >= 0.6 is 0 Å². The quantitative estimate of drug-likeness (QED) is 0.830. The van der Waals surface area contributed by atoms with Crippen molar-refractivity contribution in [3.8, 4) is 5.75 Å². The lowest BCUT2D eigenvalue weighted by atomic mass is 10.0. The molecule has 0 bridgehead atoms. The smallest absolute Gasteiger partial charge is 0.228 e. The van der Waals surface area contributed by atoms with E-state index in [1.54, 1.807) is 7.11 Å². The van der Waals surface area contributed by atoms with E-state index in [2.05, 4.69) is 17.4 Å². The molecular formula is C20H24N2O2. The molecule has 0 unspecified atom stereocenters. The van der Waals surface area contributed by atoms with Gasteiger partial charge in [-0.1, -0.05) is 30.3 Å². The Bertz CT molecular complexity index is 682. The first-order valence-corrected chi connectivity index (χ1v) is 8.50. The normalized spacial score (nSPS) is 13.5. The van der Waals surface area contributed by atoms with Gasteiger partial charge < -0.3 is 15.0 Å². The van der Waals surface area contributed by atoms with Gasteiger partial charge in [0.25, 0.3) is 0 Å². The highest BCUT2D eigenvalue weighted by molar-refractivity contribution is 5.94. The third-order valence-corrected chi connectivity index (χ3v) is 4.42. The number of nitrogens with zero attached hydrogens (tertiary/aromatic N) is 1. The van der Waals surface area contributed by atoms with E-state index in [1.165, 1.54) is 11.1 Å². The molecule has 0 fully saturated rings. The lowest BCUT2D eigenvalue weighted by molar-refractivity contribution is -0.118. The minimum Gasteiger partial charge on any atom is -0.497 e. The standard InChI is InChI=1S/C20H24N2O2/c1-24-18-10-8-16(9-11-18)15-21-13-12-20(23)22-14-4-6-17-5-2-3-7-19(17)22/h2-3,5,7-11,21H,4,6,12-15H2,1H3. The predicted octanol–water partition coefficient (Wildman–Crippen LogP) is 3.15.